The Labute approximate surface area is 152 Å². The SMILES string of the molecule is C[C@@H](OC(=O)/C=C/c1ccccc1F)C(=O)Nc1ccc2[nH]c(=O)[nH]c2c1. The number of carbonyl (C=O) groups excluding carboxylic acids is 2. The number of ether oxygens (including phenoxy) is 1. The second-order valence-electron chi connectivity index (χ2n) is 5.76. The van der Waals surface area contributed by atoms with E-state index in [1.807, 2.05) is 0 Å². The van der Waals surface area contributed by atoms with Crippen molar-refractivity contribution in [1.29, 1.82) is 0 Å². The van der Waals surface area contributed by atoms with Gasteiger partial charge in [-0.3, -0.25) is 4.79 Å². The van der Waals surface area contributed by atoms with Gasteiger partial charge in [-0.15, -0.1) is 0 Å². The molecule has 138 valence electrons. The van der Waals surface area contributed by atoms with Crippen molar-refractivity contribution in [2.45, 2.75) is 13.0 Å². The van der Waals surface area contributed by atoms with Gasteiger partial charge in [0.2, 0.25) is 0 Å². The lowest BCUT2D eigenvalue weighted by Crippen LogP contribution is -2.29. The molecule has 0 aliphatic heterocycles. The number of fused-ring (bicyclic) bond motifs is 1. The lowest BCUT2D eigenvalue weighted by molar-refractivity contribution is -0.148. The summed E-state index contributed by atoms with van der Waals surface area (Å²) in [5.74, 6) is -1.78. The van der Waals surface area contributed by atoms with E-state index in [9.17, 15) is 18.8 Å². The Hall–Kier alpha value is -3.68. The summed E-state index contributed by atoms with van der Waals surface area (Å²) in [6.45, 7) is 1.42. The molecule has 27 heavy (non-hydrogen) atoms. The van der Waals surface area contributed by atoms with Crippen LogP contribution >= 0.6 is 0 Å². The number of esters is 1. The van der Waals surface area contributed by atoms with Gasteiger partial charge >= 0.3 is 11.7 Å². The normalized spacial score (nSPS) is 12.2. The van der Waals surface area contributed by atoms with Crippen LogP contribution in [0.4, 0.5) is 10.1 Å². The first-order chi connectivity index (χ1) is 12.9. The fourth-order valence-electron chi connectivity index (χ4n) is 2.39. The molecule has 0 saturated heterocycles. The number of carbonyl (C=O) groups is 2. The van der Waals surface area contributed by atoms with Crippen LogP contribution in [0.5, 0.6) is 0 Å². The Morgan fingerprint density at radius 3 is 2.67 bits per heavy atom. The summed E-state index contributed by atoms with van der Waals surface area (Å²) in [7, 11) is 0. The Morgan fingerprint density at radius 2 is 1.89 bits per heavy atom. The van der Waals surface area contributed by atoms with E-state index in [4.69, 9.17) is 4.74 Å². The average molecular weight is 369 g/mol. The number of imidazole rings is 1. The van der Waals surface area contributed by atoms with Crippen LogP contribution in [0, 0.1) is 5.82 Å². The van der Waals surface area contributed by atoms with Crippen LogP contribution in [-0.2, 0) is 14.3 Å². The number of aromatic nitrogens is 2. The molecule has 3 N–H and O–H groups in total. The summed E-state index contributed by atoms with van der Waals surface area (Å²) in [6, 6.07) is 10.8. The van der Waals surface area contributed by atoms with Crippen LogP contribution in [0.15, 0.2) is 53.3 Å². The van der Waals surface area contributed by atoms with Gasteiger partial charge in [0.25, 0.3) is 5.91 Å². The maximum absolute atomic E-state index is 13.5. The molecule has 2 aromatic carbocycles. The number of nitrogens with one attached hydrogen (secondary N) is 3. The van der Waals surface area contributed by atoms with Gasteiger partial charge in [0.1, 0.15) is 5.82 Å². The predicted molar refractivity (Wildman–Crippen MR) is 98.5 cm³/mol. The van der Waals surface area contributed by atoms with Crippen molar-refractivity contribution < 1.29 is 18.7 Å². The zero-order valence-electron chi connectivity index (χ0n) is 14.3. The van der Waals surface area contributed by atoms with Gasteiger partial charge in [-0.1, -0.05) is 18.2 Å². The van der Waals surface area contributed by atoms with Crippen LogP contribution in [0.2, 0.25) is 0 Å². The van der Waals surface area contributed by atoms with Crippen molar-refractivity contribution >= 4 is 34.7 Å². The third-order valence-electron chi connectivity index (χ3n) is 3.75. The van der Waals surface area contributed by atoms with Gasteiger partial charge in [-0.05, 0) is 37.3 Å². The van der Waals surface area contributed by atoms with Crippen LogP contribution in [0.3, 0.4) is 0 Å². The molecule has 0 bridgehead atoms. The van der Waals surface area contributed by atoms with Crippen molar-refractivity contribution in [2.75, 3.05) is 5.32 Å². The zero-order chi connectivity index (χ0) is 19.4. The maximum Gasteiger partial charge on any atom is 0.331 e. The molecule has 7 nitrogen and oxygen atoms in total. The highest BCUT2D eigenvalue weighted by Crippen LogP contribution is 2.15. The molecule has 1 heterocycles. The molecule has 0 aliphatic carbocycles. The highest BCUT2D eigenvalue weighted by Gasteiger charge is 2.17. The molecule has 1 atom stereocenters. The van der Waals surface area contributed by atoms with Crippen molar-refractivity contribution in [1.82, 2.24) is 9.97 Å². The molecule has 1 aromatic heterocycles. The third-order valence-corrected chi connectivity index (χ3v) is 3.75. The summed E-state index contributed by atoms with van der Waals surface area (Å²) < 4.78 is 18.5. The Kier molecular flexibility index (Phi) is 5.16. The number of hydrogen-bond acceptors (Lipinski definition) is 4. The molecule has 0 aliphatic rings. The van der Waals surface area contributed by atoms with Crippen molar-refractivity contribution in [2.24, 2.45) is 0 Å². The van der Waals surface area contributed by atoms with Gasteiger partial charge in [0.15, 0.2) is 6.10 Å². The van der Waals surface area contributed by atoms with Crippen molar-refractivity contribution in [3.8, 4) is 0 Å². The number of rotatable bonds is 5. The molecule has 3 rings (SSSR count). The van der Waals surface area contributed by atoms with Gasteiger partial charge in [-0.2, -0.15) is 0 Å². The second kappa shape index (κ2) is 7.69. The van der Waals surface area contributed by atoms with Crippen LogP contribution in [0.25, 0.3) is 17.1 Å². The minimum Gasteiger partial charge on any atom is -0.449 e. The summed E-state index contributed by atoms with van der Waals surface area (Å²) in [4.78, 5) is 40.4. The summed E-state index contributed by atoms with van der Waals surface area (Å²) >= 11 is 0. The van der Waals surface area contributed by atoms with E-state index in [1.165, 1.54) is 31.2 Å². The first-order valence-corrected chi connectivity index (χ1v) is 8.08. The number of H-pyrrole nitrogens is 2. The van der Waals surface area contributed by atoms with E-state index >= 15 is 0 Å². The first-order valence-electron chi connectivity index (χ1n) is 8.08. The number of benzene rings is 2. The first kappa shape index (κ1) is 18.1. The Balaban J connectivity index is 1.60. The summed E-state index contributed by atoms with van der Waals surface area (Å²) in [5.41, 5.74) is 1.47. The van der Waals surface area contributed by atoms with Gasteiger partial charge < -0.3 is 20.0 Å². The van der Waals surface area contributed by atoms with Crippen LogP contribution in [0.1, 0.15) is 12.5 Å². The summed E-state index contributed by atoms with van der Waals surface area (Å²) in [6.07, 6.45) is 1.26. The van der Waals surface area contributed by atoms with Crippen molar-refractivity contribution in [3.63, 3.8) is 0 Å². The molecule has 0 spiro atoms. The fraction of sp³-hybridized carbons (Fsp3) is 0.105. The van der Waals surface area contributed by atoms with E-state index in [-0.39, 0.29) is 11.3 Å². The highest BCUT2D eigenvalue weighted by molar-refractivity contribution is 5.97. The molecular formula is C19H16FN3O4. The Morgan fingerprint density at radius 1 is 1.15 bits per heavy atom. The third kappa shape index (κ3) is 4.49. The number of halogens is 1. The topological polar surface area (TPSA) is 104 Å². The van der Waals surface area contributed by atoms with E-state index in [0.717, 1.165) is 6.08 Å². The minimum atomic E-state index is -1.07. The number of amides is 1. The molecule has 1 amide bonds. The maximum atomic E-state index is 13.5. The molecule has 0 saturated carbocycles. The van der Waals surface area contributed by atoms with E-state index < -0.39 is 23.8 Å². The van der Waals surface area contributed by atoms with Crippen LogP contribution < -0.4 is 11.0 Å². The van der Waals surface area contributed by atoms with Gasteiger partial charge in [0.05, 0.1) is 11.0 Å². The molecular weight excluding hydrogens is 353 g/mol. The van der Waals surface area contributed by atoms with E-state index in [1.54, 1.807) is 24.3 Å². The lowest BCUT2D eigenvalue weighted by Gasteiger charge is -2.12. The zero-order valence-corrected chi connectivity index (χ0v) is 14.3. The molecule has 8 heteroatoms. The number of aromatic amines is 2. The second-order valence-corrected chi connectivity index (χ2v) is 5.76. The van der Waals surface area contributed by atoms with E-state index in [2.05, 4.69) is 15.3 Å². The number of hydrogen-bond donors (Lipinski definition) is 3. The summed E-state index contributed by atoms with van der Waals surface area (Å²) in [5, 5.41) is 2.60. The van der Waals surface area contributed by atoms with Gasteiger partial charge in [0, 0.05) is 17.3 Å². The highest BCUT2D eigenvalue weighted by atomic mass is 19.1. The molecule has 0 fully saturated rings. The van der Waals surface area contributed by atoms with E-state index in [0.29, 0.717) is 16.7 Å². The molecule has 3 aromatic rings. The monoisotopic (exact) mass is 369 g/mol. The molecule has 0 unspecified atom stereocenters. The van der Waals surface area contributed by atoms with Crippen molar-refractivity contribution in [3.05, 3.63) is 70.4 Å². The lowest BCUT2D eigenvalue weighted by atomic mass is 10.2. The standard InChI is InChI=1S/C19H16FN3O4/c1-11(27-17(24)9-6-12-4-2-3-5-14(12)20)18(25)21-13-7-8-15-16(10-13)23-19(26)22-15/h2-11H,1H3,(H,21,25)(H2,22,23,26)/b9-6+/t11-/m1/s1. The van der Waals surface area contributed by atoms with Crippen LogP contribution in [-0.4, -0.2) is 27.9 Å². The fourth-order valence-corrected chi connectivity index (χ4v) is 2.39. The Bertz CT molecular complexity index is 1080. The van der Waals surface area contributed by atoms with Gasteiger partial charge in [-0.25, -0.2) is 14.0 Å². The largest absolute Gasteiger partial charge is 0.449 e. The average Bonchev–Trinajstić information content (AvgIpc) is 3.00. The smallest absolute Gasteiger partial charge is 0.331 e. The minimum absolute atomic E-state index is 0.236. The molecule has 0 radical (unpaired) electrons. The predicted octanol–water partition coefficient (Wildman–Crippen LogP) is 2.58. The quantitative estimate of drug-likeness (QED) is 0.475. The number of anilines is 1.